The second kappa shape index (κ2) is 5.15. The highest BCUT2D eigenvalue weighted by Gasteiger charge is 2.33. The van der Waals surface area contributed by atoms with E-state index in [1.807, 2.05) is 6.92 Å². The molecule has 1 fully saturated rings. The third-order valence-electron chi connectivity index (χ3n) is 3.28. The maximum absolute atomic E-state index is 13.6. The van der Waals surface area contributed by atoms with Crippen LogP contribution in [-0.2, 0) is 10.0 Å². The molecule has 100 valence electrons. The van der Waals surface area contributed by atoms with E-state index >= 15 is 0 Å². The van der Waals surface area contributed by atoms with E-state index in [9.17, 15) is 12.8 Å². The molecule has 0 N–H and O–H groups in total. The van der Waals surface area contributed by atoms with Crippen molar-refractivity contribution in [2.45, 2.75) is 23.6 Å². The molecule has 1 aromatic carbocycles. The van der Waals surface area contributed by atoms with Crippen molar-refractivity contribution in [2.75, 3.05) is 13.1 Å². The van der Waals surface area contributed by atoms with Gasteiger partial charge in [0.15, 0.2) is 0 Å². The minimum absolute atomic E-state index is 0.222. The van der Waals surface area contributed by atoms with Crippen LogP contribution in [0.5, 0.6) is 0 Å². The molecule has 0 spiro atoms. The van der Waals surface area contributed by atoms with Gasteiger partial charge < -0.3 is 0 Å². The van der Waals surface area contributed by atoms with E-state index in [1.54, 1.807) is 0 Å². The molecule has 0 bridgehead atoms. The van der Waals surface area contributed by atoms with E-state index in [2.05, 4.69) is 0 Å². The third-order valence-corrected chi connectivity index (χ3v) is 5.75. The maximum Gasteiger partial charge on any atom is 0.246 e. The Labute approximate surface area is 112 Å². The van der Waals surface area contributed by atoms with Gasteiger partial charge >= 0.3 is 0 Å². The van der Waals surface area contributed by atoms with Gasteiger partial charge in [-0.3, -0.25) is 0 Å². The molecule has 0 aliphatic carbocycles. The summed E-state index contributed by atoms with van der Waals surface area (Å²) in [7, 11) is -3.78. The van der Waals surface area contributed by atoms with Gasteiger partial charge in [-0.15, -0.1) is 11.6 Å². The summed E-state index contributed by atoms with van der Waals surface area (Å²) in [4.78, 5) is -0.275. The zero-order chi connectivity index (χ0) is 13.3. The lowest BCUT2D eigenvalue weighted by Gasteiger charge is -2.33. The SMILES string of the molecule is CC1CCN(S(=O)(=O)c2ccccc2F)CC1Cl. The van der Waals surface area contributed by atoms with Gasteiger partial charge in [-0.1, -0.05) is 19.1 Å². The van der Waals surface area contributed by atoms with Gasteiger partial charge in [-0.2, -0.15) is 4.31 Å². The van der Waals surface area contributed by atoms with Gasteiger partial charge in [0.1, 0.15) is 10.7 Å². The van der Waals surface area contributed by atoms with Crippen molar-refractivity contribution in [3.8, 4) is 0 Å². The van der Waals surface area contributed by atoms with E-state index in [1.165, 1.54) is 22.5 Å². The van der Waals surface area contributed by atoms with Crippen LogP contribution in [0.25, 0.3) is 0 Å². The Morgan fingerprint density at radius 1 is 1.39 bits per heavy atom. The number of rotatable bonds is 2. The van der Waals surface area contributed by atoms with Crippen LogP contribution in [0.3, 0.4) is 0 Å². The molecule has 3 nitrogen and oxygen atoms in total. The quantitative estimate of drug-likeness (QED) is 0.785. The number of sulfonamides is 1. The van der Waals surface area contributed by atoms with Crippen LogP contribution in [0, 0.1) is 11.7 Å². The maximum atomic E-state index is 13.6. The molecule has 1 heterocycles. The van der Waals surface area contributed by atoms with E-state index in [-0.39, 0.29) is 22.7 Å². The predicted octanol–water partition coefficient (Wildman–Crippen LogP) is 2.46. The minimum Gasteiger partial charge on any atom is -0.207 e. The van der Waals surface area contributed by atoms with Crippen LogP contribution in [-0.4, -0.2) is 31.2 Å². The molecule has 1 aliphatic heterocycles. The summed E-state index contributed by atoms with van der Waals surface area (Å²) in [5.74, 6) is -0.444. The smallest absolute Gasteiger partial charge is 0.207 e. The summed E-state index contributed by atoms with van der Waals surface area (Å²) in [6.45, 7) is 2.62. The number of alkyl halides is 1. The van der Waals surface area contributed by atoms with Gasteiger partial charge in [-0.05, 0) is 24.5 Å². The van der Waals surface area contributed by atoms with Crippen molar-refractivity contribution in [3.05, 3.63) is 30.1 Å². The monoisotopic (exact) mass is 291 g/mol. The molecule has 1 aliphatic rings. The van der Waals surface area contributed by atoms with E-state index in [4.69, 9.17) is 11.6 Å². The van der Waals surface area contributed by atoms with Crippen molar-refractivity contribution in [1.82, 2.24) is 4.31 Å². The highest BCUT2D eigenvalue weighted by molar-refractivity contribution is 7.89. The van der Waals surface area contributed by atoms with Crippen LogP contribution in [0.2, 0.25) is 0 Å². The van der Waals surface area contributed by atoms with Crippen molar-refractivity contribution in [1.29, 1.82) is 0 Å². The Morgan fingerprint density at radius 2 is 2.06 bits per heavy atom. The Morgan fingerprint density at radius 3 is 2.67 bits per heavy atom. The van der Waals surface area contributed by atoms with Gasteiger partial charge in [0, 0.05) is 18.5 Å². The number of hydrogen-bond acceptors (Lipinski definition) is 2. The Balaban J connectivity index is 2.30. The molecule has 2 unspecified atom stereocenters. The topological polar surface area (TPSA) is 37.4 Å². The first-order valence-electron chi connectivity index (χ1n) is 5.81. The Bertz CT molecular complexity index is 535. The fraction of sp³-hybridized carbons (Fsp3) is 0.500. The number of piperidine rings is 1. The summed E-state index contributed by atoms with van der Waals surface area (Å²) in [6.07, 6.45) is 0.696. The molecular formula is C12H15ClFNO2S. The summed E-state index contributed by atoms with van der Waals surface area (Å²) in [5.41, 5.74) is 0. The molecule has 1 saturated heterocycles. The molecule has 0 aromatic heterocycles. The average molecular weight is 292 g/mol. The van der Waals surface area contributed by atoms with Crippen molar-refractivity contribution >= 4 is 21.6 Å². The molecule has 2 atom stereocenters. The molecule has 0 radical (unpaired) electrons. The minimum atomic E-state index is -3.78. The molecule has 2 rings (SSSR count). The fourth-order valence-corrected chi connectivity index (χ4v) is 3.93. The first-order valence-corrected chi connectivity index (χ1v) is 7.69. The number of benzene rings is 1. The van der Waals surface area contributed by atoms with Crippen molar-refractivity contribution < 1.29 is 12.8 Å². The third kappa shape index (κ3) is 2.53. The average Bonchev–Trinajstić information content (AvgIpc) is 2.33. The normalized spacial score (nSPS) is 26.2. The predicted molar refractivity (Wildman–Crippen MR) is 68.6 cm³/mol. The lowest BCUT2D eigenvalue weighted by atomic mass is 10.0. The molecule has 18 heavy (non-hydrogen) atoms. The van der Waals surface area contributed by atoms with Gasteiger partial charge in [-0.25, -0.2) is 12.8 Å². The molecule has 1 aromatic rings. The lowest BCUT2D eigenvalue weighted by molar-refractivity contribution is 0.292. The van der Waals surface area contributed by atoms with E-state index < -0.39 is 15.8 Å². The second-order valence-corrected chi connectivity index (χ2v) is 7.04. The first-order chi connectivity index (χ1) is 8.43. The number of halogens is 2. The van der Waals surface area contributed by atoms with Crippen LogP contribution < -0.4 is 0 Å². The van der Waals surface area contributed by atoms with Crippen molar-refractivity contribution in [3.63, 3.8) is 0 Å². The number of hydrogen-bond donors (Lipinski definition) is 0. The van der Waals surface area contributed by atoms with Gasteiger partial charge in [0.25, 0.3) is 0 Å². The Kier molecular flexibility index (Phi) is 3.94. The second-order valence-electron chi connectivity index (χ2n) is 4.58. The van der Waals surface area contributed by atoms with Crippen LogP contribution in [0.4, 0.5) is 4.39 Å². The van der Waals surface area contributed by atoms with Crippen LogP contribution >= 0.6 is 11.6 Å². The van der Waals surface area contributed by atoms with Gasteiger partial charge in [0.05, 0.1) is 0 Å². The summed E-state index contributed by atoms with van der Waals surface area (Å²) in [6, 6.07) is 5.42. The van der Waals surface area contributed by atoms with Gasteiger partial charge in [0.2, 0.25) is 10.0 Å². The lowest BCUT2D eigenvalue weighted by Crippen LogP contribution is -2.43. The molecule has 0 saturated carbocycles. The summed E-state index contributed by atoms with van der Waals surface area (Å²) >= 11 is 6.10. The van der Waals surface area contributed by atoms with Crippen LogP contribution in [0.15, 0.2) is 29.2 Å². The Hall–Kier alpha value is -0.650. The van der Waals surface area contributed by atoms with E-state index in [0.29, 0.717) is 13.0 Å². The molecule has 0 amide bonds. The fourth-order valence-electron chi connectivity index (χ4n) is 2.01. The first kappa shape index (κ1) is 13.8. The zero-order valence-corrected chi connectivity index (χ0v) is 11.6. The van der Waals surface area contributed by atoms with Crippen molar-refractivity contribution in [2.24, 2.45) is 5.92 Å². The zero-order valence-electron chi connectivity index (χ0n) is 10.0. The molecular weight excluding hydrogens is 277 g/mol. The highest BCUT2D eigenvalue weighted by Crippen LogP contribution is 2.27. The molecule has 6 heteroatoms. The highest BCUT2D eigenvalue weighted by atomic mass is 35.5. The van der Waals surface area contributed by atoms with Crippen LogP contribution in [0.1, 0.15) is 13.3 Å². The standard InChI is InChI=1S/C12H15ClFNO2S/c1-9-6-7-15(8-10(9)13)18(16,17)12-5-3-2-4-11(12)14/h2-5,9-10H,6-8H2,1H3. The number of nitrogens with zero attached hydrogens (tertiary/aromatic N) is 1. The summed E-state index contributed by atoms with van der Waals surface area (Å²) in [5, 5.41) is -0.222. The largest absolute Gasteiger partial charge is 0.246 e. The van der Waals surface area contributed by atoms with E-state index in [0.717, 1.165) is 6.07 Å². The summed E-state index contributed by atoms with van der Waals surface area (Å²) < 4.78 is 39.4.